The molecule has 1 fully saturated rings. The number of hydrogen-bond acceptors (Lipinski definition) is 3. The normalized spacial score (nSPS) is 23.3. The molecule has 0 radical (unpaired) electrons. The van der Waals surface area contributed by atoms with Crippen molar-refractivity contribution in [3.05, 3.63) is 17.5 Å². The molecule has 2 unspecified atom stereocenters. The molecule has 1 aromatic rings. The van der Waals surface area contributed by atoms with Crippen molar-refractivity contribution < 1.29 is 4.79 Å². The molecule has 0 saturated heterocycles. The molecule has 0 spiro atoms. The Bertz CT molecular complexity index is 441. The summed E-state index contributed by atoms with van der Waals surface area (Å²) in [5.41, 5.74) is 7.55. The fourth-order valence-electron chi connectivity index (χ4n) is 2.76. The van der Waals surface area contributed by atoms with Gasteiger partial charge in [0.15, 0.2) is 0 Å². The molecule has 1 aromatic heterocycles. The van der Waals surface area contributed by atoms with E-state index in [4.69, 9.17) is 5.73 Å². The first-order valence-corrected chi connectivity index (χ1v) is 7.16. The number of carbonyl (C=O) groups excluding carboxylic acids is 1. The van der Waals surface area contributed by atoms with Gasteiger partial charge < -0.3 is 11.1 Å². The van der Waals surface area contributed by atoms with E-state index in [0.29, 0.717) is 17.7 Å². The fourth-order valence-corrected chi connectivity index (χ4v) is 2.76. The Morgan fingerprint density at radius 2 is 2.37 bits per heavy atom. The average molecular weight is 264 g/mol. The van der Waals surface area contributed by atoms with Crippen LogP contribution < -0.4 is 11.1 Å². The summed E-state index contributed by atoms with van der Waals surface area (Å²) >= 11 is 0. The number of aromatic nitrogens is 2. The molecule has 5 nitrogen and oxygen atoms in total. The molecular formula is C14H24N4O. The zero-order valence-electron chi connectivity index (χ0n) is 11.9. The SMILES string of the molecule is CCc1cc(C(=O)NCC2CCCC(N)C2)n(C)n1. The van der Waals surface area contributed by atoms with Gasteiger partial charge in [-0.3, -0.25) is 9.48 Å². The van der Waals surface area contributed by atoms with Gasteiger partial charge in [0.2, 0.25) is 0 Å². The molecule has 0 aliphatic heterocycles. The van der Waals surface area contributed by atoms with Crippen LogP contribution in [-0.4, -0.2) is 28.3 Å². The molecule has 1 heterocycles. The third-order valence-electron chi connectivity index (χ3n) is 3.90. The lowest BCUT2D eigenvalue weighted by molar-refractivity contribution is 0.0933. The van der Waals surface area contributed by atoms with Crippen LogP contribution in [0.25, 0.3) is 0 Å². The van der Waals surface area contributed by atoms with Gasteiger partial charge in [-0.1, -0.05) is 13.3 Å². The molecule has 1 saturated carbocycles. The molecule has 2 rings (SSSR count). The molecule has 106 valence electrons. The Labute approximate surface area is 114 Å². The number of nitrogens with one attached hydrogen (secondary N) is 1. The molecule has 1 aliphatic carbocycles. The van der Waals surface area contributed by atoms with E-state index in [1.807, 2.05) is 20.0 Å². The largest absolute Gasteiger partial charge is 0.350 e. The Hall–Kier alpha value is -1.36. The molecule has 19 heavy (non-hydrogen) atoms. The minimum absolute atomic E-state index is 0.0335. The third kappa shape index (κ3) is 3.56. The van der Waals surface area contributed by atoms with Crippen LogP contribution in [0.5, 0.6) is 0 Å². The summed E-state index contributed by atoms with van der Waals surface area (Å²) in [5, 5.41) is 7.31. The standard InChI is InChI=1S/C14H24N4O/c1-3-12-8-13(18(2)17-12)14(19)16-9-10-5-4-6-11(15)7-10/h8,10-11H,3-7,9,15H2,1-2H3,(H,16,19). The van der Waals surface area contributed by atoms with Crippen LogP contribution in [0.3, 0.4) is 0 Å². The van der Waals surface area contributed by atoms with E-state index in [0.717, 1.165) is 31.5 Å². The Morgan fingerprint density at radius 3 is 3.00 bits per heavy atom. The van der Waals surface area contributed by atoms with E-state index in [1.54, 1.807) is 4.68 Å². The van der Waals surface area contributed by atoms with Crippen molar-refractivity contribution in [3.8, 4) is 0 Å². The van der Waals surface area contributed by atoms with Gasteiger partial charge in [-0.25, -0.2) is 0 Å². The maximum Gasteiger partial charge on any atom is 0.269 e. The lowest BCUT2D eigenvalue weighted by Crippen LogP contribution is -2.36. The Kier molecular flexibility index (Phi) is 4.58. The average Bonchev–Trinajstić information content (AvgIpc) is 2.77. The van der Waals surface area contributed by atoms with Crippen molar-refractivity contribution in [1.29, 1.82) is 0 Å². The number of aryl methyl sites for hydroxylation is 2. The van der Waals surface area contributed by atoms with E-state index < -0.39 is 0 Å². The summed E-state index contributed by atoms with van der Waals surface area (Å²) in [6.07, 6.45) is 5.32. The van der Waals surface area contributed by atoms with E-state index >= 15 is 0 Å². The maximum atomic E-state index is 12.1. The molecule has 1 amide bonds. The second-order valence-electron chi connectivity index (χ2n) is 5.50. The number of amides is 1. The van der Waals surface area contributed by atoms with Gasteiger partial charge in [0.05, 0.1) is 5.69 Å². The van der Waals surface area contributed by atoms with Crippen LogP contribution in [0, 0.1) is 5.92 Å². The van der Waals surface area contributed by atoms with Crippen LogP contribution in [0.2, 0.25) is 0 Å². The summed E-state index contributed by atoms with van der Waals surface area (Å²) in [4.78, 5) is 12.1. The summed E-state index contributed by atoms with van der Waals surface area (Å²) in [6, 6.07) is 2.17. The van der Waals surface area contributed by atoms with Crippen molar-refractivity contribution in [2.45, 2.75) is 45.1 Å². The van der Waals surface area contributed by atoms with Crippen molar-refractivity contribution in [2.24, 2.45) is 18.7 Å². The smallest absolute Gasteiger partial charge is 0.269 e. The van der Waals surface area contributed by atoms with Gasteiger partial charge in [0.1, 0.15) is 5.69 Å². The first-order valence-electron chi connectivity index (χ1n) is 7.16. The summed E-state index contributed by atoms with van der Waals surface area (Å²) in [5.74, 6) is 0.486. The van der Waals surface area contributed by atoms with Gasteiger partial charge in [-0.05, 0) is 37.7 Å². The van der Waals surface area contributed by atoms with Crippen molar-refractivity contribution in [3.63, 3.8) is 0 Å². The highest BCUT2D eigenvalue weighted by Crippen LogP contribution is 2.22. The monoisotopic (exact) mass is 264 g/mol. The van der Waals surface area contributed by atoms with E-state index in [9.17, 15) is 4.79 Å². The van der Waals surface area contributed by atoms with Crippen LogP contribution in [-0.2, 0) is 13.5 Å². The molecule has 5 heteroatoms. The highest BCUT2D eigenvalue weighted by Gasteiger charge is 2.20. The van der Waals surface area contributed by atoms with Crippen LogP contribution in [0.15, 0.2) is 6.07 Å². The predicted octanol–water partition coefficient (Wildman–Crippen LogP) is 1.23. The lowest BCUT2D eigenvalue weighted by atomic mass is 9.86. The van der Waals surface area contributed by atoms with Gasteiger partial charge in [0, 0.05) is 19.6 Å². The first-order chi connectivity index (χ1) is 9.10. The number of nitrogens with zero attached hydrogens (tertiary/aromatic N) is 2. The highest BCUT2D eigenvalue weighted by atomic mass is 16.2. The summed E-state index contributed by atoms with van der Waals surface area (Å²) in [6.45, 7) is 2.76. The number of hydrogen-bond donors (Lipinski definition) is 2. The Morgan fingerprint density at radius 1 is 1.58 bits per heavy atom. The number of rotatable bonds is 4. The maximum absolute atomic E-state index is 12.1. The summed E-state index contributed by atoms with van der Waals surface area (Å²) < 4.78 is 1.65. The van der Waals surface area contributed by atoms with Crippen LogP contribution in [0.1, 0.15) is 48.8 Å². The number of nitrogens with two attached hydrogens (primary N) is 1. The molecule has 1 aliphatic rings. The van der Waals surface area contributed by atoms with E-state index in [1.165, 1.54) is 12.8 Å². The molecule has 2 atom stereocenters. The zero-order valence-corrected chi connectivity index (χ0v) is 11.9. The van der Waals surface area contributed by atoms with E-state index in [-0.39, 0.29) is 5.91 Å². The molecule has 0 aromatic carbocycles. The van der Waals surface area contributed by atoms with Gasteiger partial charge in [0.25, 0.3) is 5.91 Å². The van der Waals surface area contributed by atoms with Crippen molar-refractivity contribution in [2.75, 3.05) is 6.54 Å². The fraction of sp³-hybridized carbons (Fsp3) is 0.714. The Balaban J connectivity index is 1.88. The van der Waals surface area contributed by atoms with Crippen molar-refractivity contribution >= 4 is 5.91 Å². The zero-order chi connectivity index (χ0) is 13.8. The summed E-state index contributed by atoms with van der Waals surface area (Å²) in [7, 11) is 1.81. The van der Waals surface area contributed by atoms with Gasteiger partial charge in [-0.2, -0.15) is 5.10 Å². The van der Waals surface area contributed by atoms with Gasteiger partial charge >= 0.3 is 0 Å². The minimum atomic E-state index is -0.0335. The third-order valence-corrected chi connectivity index (χ3v) is 3.90. The molecular weight excluding hydrogens is 240 g/mol. The second-order valence-corrected chi connectivity index (χ2v) is 5.50. The highest BCUT2D eigenvalue weighted by molar-refractivity contribution is 5.92. The minimum Gasteiger partial charge on any atom is -0.350 e. The van der Waals surface area contributed by atoms with Crippen LogP contribution in [0.4, 0.5) is 0 Å². The van der Waals surface area contributed by atoms with E-state index in [2.05, 4.69) is 10.4 Å². The topological polar surface area (TPSA) is 72.9 Å². The van der Waals surface area contributed by atoms with Crippen LogP contribution >= 0.6 is 0 Å². The molecule has 3 N–H and O–H groups in total. The second kappa shape index (κ2) is 6.19. The lowest BCUT2D eigenvalue weighted by Gasteiger charge is -2.26. The van der Waals surface area contributed by atoms with Gasteiger partial charge in [-0.15, -0.1) is 0 Å². The quantitative estimate of drug-likeness (QED) is 0.859. The molecule has 0 bridgehead atoms. The predicted molar refractivity (Wildman–Crippen MR) is 74.9 cm³/mol. The first kappa shape index (κ1) is 14.1. The number of carbonyl (C=O) groups is 1. The van der Waals surface area contributed by atoms with Crippen molar-refractivity contribution in [1.82, 2.24) is 15.1 Å².